The van der Waals surface area contributed by atoms with Crippen LogP contribution in [0.5, 0.6) is 0 Å². The predicted molar refractivity (Wildman–Crippen MR) is 122 cm³/mol. The van der Waals surface area contributed by atoms with Gasteiger partial charge in [-0.15, -0.1) is 0 Å². The van der Waals surface area contributed by atoms with Gasteiger partial charge in [-0.2, -0.15) is 4.31 Å². The summed E-state index contributed by atoms with van der Waals surface area (Å²) in [6.07, 6.45) is 4.47. The molecule has 8 heteroatoms. The van der Waals surface area contributed by atoms with E-state index in [-0.39, 0.29) is 23.4 Å². The number of hydrogen-bond acceptors (Lipinski definition) is 4. The van der Waals surface area contributed by atoms with Gasteiger partial charge in [-0.3, -0.25) is 4.79 Å². The average molecular weight is 460 g/mol. The second-order valence-corrected chi connectivity index (χ2v) is 10.4. The Kier molecular flexibility index (Phi) is 7.10. The predicted octanol–water partition coefficient (Wildman–Crippen LogP) is 3.50. The molecule has 1 saturated heterocycles. The lowest BCUT2D eigenvalue weighted by molar-refractivity contribution is -0.132. The zero-order valence-electron chi connectivity index (χ0n) is 18.2. The molecule has 0 radical (unpaired) electrons. The minimum Gasteiger partial charge on any atom is -0.368 e. The van der Waals surface area contributed by atoms with Gasteiger partial charge >= 0.3 is 0 Å². The Morgan fingerprint density at radius 1 is 0.906 bits per heavy atom. The smallest absolute Gasteiger partial charge is 0.243 e. The van der Waals surface area contributed by atoms with Crippen LogP contribution in [0.4, 0.5) is 10.1 Å². The fourth-order valence-electron chi connectivity index (χ4n) is 4.61. The fraction of sp³-hybridized carbons (Fsp3) is 0.458. The molecule has 0 spiro atoms. The lowest BCUT2D eigenvalue weighted by Crippen LogP contribution is -2.53. The molecule has 1 saturated carbocycles. The molecule has 1 aliphatic carbocycles. The molecular weight excluding hydrogens is 429 g/mol. The normalized spacial score (nSPS) is 18.2. The van der Waals surface area contributed by atoms with Gasteiger partial charge in [0.05, 0.1) is 11.4 Å². The molecule has 2 aliphatic rings. The zero-order valence-corrected chi connectivity index (χ0v) is 19.0. The van der Waals surface area contributed by atoms with Crippen molar-refractivity contribution in [3.05, 3.63) is 60.4 Å². The van der Waals surface area contributed by atoms with Crippen LogP contribution in [0.1, 0.15) is 32.1 Å². The van der Waals surface area contributed by atoms with Crippen LogP contribution in [-0.4, -0.2) is 62.3 Å². The SMILES string of the molecule is O=C(CN(C1CCCCC1)S(=O)(=O)c1ccc(F)cc1)N1CCN(c2ccccc2)CC1. The molecule has 1 amide bonds. The molecule has 32 heavy (non-hydrogen) atoms. The first-order valence-electron chi connectivity index (χ1n) is 11.3. The van der Waals surface area contributed by atoms with Crippen molar-refractivity contribution in [1.82, 2.24) is 9.21 Å². The van der Waals surface area contributed by atoms with E-state index in [0.29, 0.717) is 26.2 Å². The van der Waals surface area contributed by atoms with Crippen molar-refractivity contribution < 1.29 is 17.6 Å². The van der Waals surface area contributed by atoms with Gasteiger partial charge in [0.1, 0.15) is 5.82 Å². The quantitative estimate of drug-likeness (QED) is 0.664. The molecule has 0 bridgehead atoms. The van der Waals surface area contributed by atoms with E-state index in [1.165, 1.54) is 16.4 Å². The molecule has 1 heterocycles. The molecule has 0 unspecified atom stereocenters. The topological polar surface area (TPSA) is 60.9 Å². The maximum atomic E-state index is 13.4. The highest BCUT2D eigenvalue weighted by Crippen LogP contribution is 2.28. The van der Waals surface area contributed by atoms with Gasteiger partial charge in [-0.05, 0) is 49.2 Å². The second kappa shape index (κ2) is 10.0. The van der Waals surface area contributed by atoms with E-state index in [9.17, 15) is 17.6 Å². The third-order valence-corrected chi connectivity index (χ3v) is 8.36. The number of nitrogens with zero attached hydrogens (tertiary/aromatic N) is 3. The van der Waals surface area contributed by atoms with Crippen LogP contribution in [0.3, 0.4) is 0 Å². The van der Waals surface area contributed by atoms with Gasteiger partial charge in [0.25, 0.3) is 0 Å². The molecule has 0 N–H and O–H groups in total. The number of piperazine rings is 1. The summed E-state index contributed by atoms with van der Waals surface area (Å²) < 4.78 is 41.6. The molecule has 2 fully saturated rings. The van der Waals surface area contributed by atoms with Crippen LogP contribution in [0, 0.1) is 5.82 Å². The number of carbonyl (C=O) groups is 1. The van der Waals surface area contributed by atoms with Crippen LogP contribution in [0.25, 0.3) is 0 Å². The Bertz CT molecular complexity index is 1000. The Morgan fingerprint density at radius 2 is 1.53 bits per heavy atom. The number of benzene rings is 2. The van der Waals surface area contributed by atoms with E-state index >= 15 is 0 Å². The minimum absolute atomic E-state index is 0.0335. The standard InChI is InChI=1S/C24H30FN3O3S/c25-20-11-13-23(14-12-20)32(30,31)28(22-9-5-2-6-10-22)19-24(29)27-17-15-26(16-18-27)21-7-3-1-4-8-21/h1,3-4,7-8,11-14,22H,2,5-6,9-10,15-19H2. The highest BCUT2D eigenvalue weighted by atomic mass is 32.2. The average Bonchev–Trinajstić information content (AvgIpc) is 2.84. The highest BCUT2D eigenvalue weighted by molar-refractivity contribution is 7.89. The second-order valence-electron chi connectivity index (χ2n) is 8.50. The van der Waals surface area contributed by atoms with Crippen molar-refractivity contribution in [2.45, 2.75) is 43.0 Å². The fourth-order valence-corrected chi connectivity index (χ4v) is 6.24. The van der Waals surface area contributed by atoms with Crippen molar-refractivity contribution in [1.29, 1.82) is 0 Å². The summed E-state index contributed by atoms with van der Waals surface area (Å²) in [5, 5.41) is 0. The van der Waals surface area contributed by atoms with Gasteiger partial charge in [0.15, 0.2) is 0 Å². The highest BCUT2D eigenvalue weighted by Gasteiger charge is 2.35. The van der Waals surface area contributed by atoms with E-state index in [4.69, 9.17) is 0 Å². The lowest BCUT2D eigenvalue weighted by Gasteiger charge is -2.38. The molecule has 2 aromatic carbocycles. The molecular formula is C24H30FN3O3S. The van der Waals surface area contributed by atoms with E-state index < -0.39 is 15.8 Å². The number of halogens is 1. The van der Waals surface area contributed by atoms with E-state index in [1.807, 2.05) is 18.2 Å². The van der Waals surface area contributed by atoms with Crippen molar-refractivity contribution >= 4 is 21.6 Å². The van der Waals surface area contributed by atoms with E-state index in [2.05, 4.69) is 17.0 Å². The summed E-state index contributed by atoms with van der Waals surface area (Å²) in [7, 11) is -3.90. The molecule has 0 atom stereocenters. The Balaban J connectivity index is 1.47. The first-order chi connectivity index (χ1) is 15.4. The first kappa shape index (κ1) is 22.7. The summed E-state index contributed by atoms with van der Waals surface area (Å²) >= 11 is 0. The number of sulfonamides is 1. The summed E-state index contributed by atoms with van der Waals surface area (Å²) in [4.78, 5) is 17.2. The number of hydrogen-bond donors (Lipinski definition) is 0. The van der Waals surface area contributed by atoms with Gasteiger partial charge in [0.2, 0.25) is 15.9 Å². The zero-order chi connectivity index (χ0) is 22.6. The number of para-hydroxylation sites is 1. The van der Waals surface area contributed by atoms with Gasteiger partial charge in [0, 0.05) is 37.9 Å². The molecule has 2 aromatic rings. The van der Waals surface area contributed by atoms with Gasteiger partial charge in [-0.1, -0.05) is 37.5 Å². The maximum Gasteiger partial charge on any atom is 0.243 e. The monoisotopic (exact) mass is 459 g/mol. The Morgan fingerprint density at radius 3 is 2.16 bits per heavy atom. The number of anilines is 1. The molecule has 4 rings (SSSR count). The van der Waals surface area contributed by atoms with Crippen molar-refractivity contribution in [2.75, 3.05) is 37.6 Å². The summed E-state index contributed by atoms with van der Waals surface area (Å²) in [5.41, 5.74) is 1.13. The maximum absolute atomic E-state index is 13.4. The third-order valence-electron chi connectivity index (χ3n) is 6.45. The van der Waals surface area contributed by atoms with Gasteiger partial charge in [-0.25, -0.2) is 12.8 Å². The minimum atomic E-state index is -3.90. The Hall–Kier alpha value is -2.45. The molecule has 1 aliphatic heterocycles. The molecule has 0 aromatic heterocycles. The first-order valence-corrected chi connectivity index (χ1v) is 12.7. The van der Waals surface area contributed by atoms with Crippen molar-refractivity contribution in [3.8, 4) is 0 Å². The largest absolute Gasteiger partial charge is 0.368 e. The summed E-state index contributed by atoms with van der Waals surface area (Å²) in [6, 6.07) is 14.7. The summed E-state index contributed by atoms with van der Waals surface area (Å²) in [6.45, 7) is 2.37. The van der Waals surface area contributed by atoms with Crippen molar-refractivity contribution in [3.63, 3.8) is 0 Å². The summed E-state index contributed by atoms with van der Waals surface area (Å²) in [5.74, 6) is -0.658. The van der Waals surface area contributed by atoms with Crippen LogP contribution in [-0.2, 0) is 14.8 Å². The third kappa shape index (κ3) is 5.13. The van der Waals surface area contributed by atoms with E-state index in [0.717, 1.165) is 49.9 Å². The van der Waals surface area contributed by atoms with Crippen molar-refractivity contribution in [2.24, 2.45) is 0 Å². The Labute approximate surface area is 189 Å². The van der Waals surface area contributed by atoms with Crippen LogP contribution in [0.2, 0.25) is 0 Å². The van der Waals surface area contributed by atoms with Crippen LogP contribution < -0.4 is 4.90 Å². The number of carbonyl (C=O) groups excluding carboxylic acids is 1. The van der Waals surface area contributed by atoms with E-state index in [1.54, 1.807) is 4.90 Å². The van der Waals surface area contributed by atoms with Crippen LogP contribution in [0.15, 0.2) is 59.5 Å². The number of rotatable bonds is 6. The molecule has 6 nitrogen and oxygen atoms in total. The van der Waals surface area contributed by atoms with Gasteiger partial charge < -0.3 is 9.80 Å². The number of amides is 1. The molecule has 172 valence electrons. The van der Waals surface area contributed by atoms with Crippen LogP contribution >= 0.6 is 0 Å². The lowest BCUT2D eigenvalue weighted by atomic mass is 9.95.